The average Bonchev–Trinajstić information content (AvgIpc) is 2.76. The van der Waals surface area contributed by atoms with Gasteiger partial charge in [-0.15, -0.1) is 11.8 Å². The number of anilines is 2. The predicted molar refractivity (Wildman–Crippen MR) is 135 cm³/mol. The summed E-state index contributed by atoms with van der Waals surface area (Å²) in [6.45, 7) is 5.21. The van der Waals surface area contributed by atoms with Crippen LogP contribution in [-0.4, -0.2) is 34.2 Å². The molecular formula is C25H28N2O4S2. The fourth-order valence-corrected chi connectivity index (χ4v) is 5.65. The molecule has 0 aliphatic carbocycles. The number of hydrogen-bond donors (Lipinski definition) is 1. The second-order valence-electron chi connectivity index (χ2n) is 7.79. The fraction of sp³-hybridized carbons (Fsp3) is 0.240. The van der Waals surface area contributed by atoms with Gasteiger partial charge in [0.15, 0.2) is 0 Å². The Morgan fingerprint density at radius 3 is 2.30 bits per heavy atom. The molecule has 33 heavy (non-hydrogen) atoms. The van der Waals surface area contributed by atoms with Crippen molar-refractivity contribution < 1.29 is 17.9 Å². The SMILES string of the molecule is COc1ccc(C)cc1S(=O)(=O)N(CC(=O)Nc1cccc(SC)c1)c1cc(C)cc(C)c1. The Balaban J connectivity index is 2.05. The van der Waals surface area contributed by atoms with Crippen molar-refractivity contribution >= 4 is 39.1 Å². The van der Waals surface area contributed by atoms with Crippen molar-refractivity contribution in [1.82, 2.24) is 0 Å². The lowest BCUT2D eigenvalue weighted by molar-refractivity contribution is -0.114. The summed E-state index contributed by atoms with van der Waals surface area (Å²) in [6, 6.07) is 17.8. The summed E-state index contributed by atoms with van der Waals surface area (Å²) in [4.78, 5) is 14.0. The maximum Gasteiger partial charge on any atom is 0.268 e. The van der Waals surface area contributed by atoms with E-state index in [9.17, 15) is 13.2 Å². The Hall–Kier alpha value is -2.97. The minimum atomic E-state index is -4.11. The van der Waals surface area contributed by atoms with Crippen LogP contribution in [0.3, 0.4) is 0 Å². The van der Waals surface area contributed by atoms with Crippen molar-refractivity contribution in [2.24, 2.45) is 0 Å². The number of thioether (sulfide) groups is 1. The monoisotopic (exact) mass is 484 g/mol. The molecule has 0 saturated heterocycles. The molecule has 0 atom stereocenters. The van der Waals surface area contributed by atoms with Gasteiger partial charge in [0.05, 0.1) is 12.8 Å². The Labute approximate surface area is 200 Å². The molecule has 6 nitrogen and oxygen atoms in total. The minimum absolute atomic E-state index is 0.0151. The third-order valence-corrected chi connectivity index (χ3v) is 7.54. The van der Waals surface area contributed by atoms with Crippen molar-refractivity contribution in [3.63, 3.8) is 0 Å². The highest BCUT2D eigenvalue weighted by Crippen LogP contribution is 2.32. The Morgan fingerprint density at radius 2 is 1.67 bits per heavy atom. The van der Waals surface area contributed by atoms with Gasteiger partial charge in [-0.25, -0.2) is 8.42 Å². The van der Waals surface area contributed by atoms with E-state index >= 15 is 0 Å². The summed E-state index contributed by atoms with van der Waals surface area (Å²) in [6.07, 6.45) is 1.95. The molecule has 0 aliphatic heterocycles. The van der Waals surface area contributed by atoms with Gasteiger partial charge in [-0.1, -0.05) is 18.2 Å². The Bertz CT molecular complexity index is 1250. The highest BCUT2D eigenvalue weighted by molar-refractivity contribution is 7.98. The van der Waals surface area contributed by atoms with Gasteiger partial charge in [0.25, 0.3) is 10.0 Å². The van der Waals surface area contributed by atoms with E-state index in [-0.39, 0.29) is 17.2 Å². The minimum Gasteiger partial charge on any atom is -0.495 e. The van der Waals surface area contributed by atoms with Crippen LogP contribution >= 0.6 is 11.8 Å². The molecule has 174 valence electrons. The van der Waals surface area contributed by atoms with E-state index in [1.807, 2.05) is 51.3 Å². The van der Waals surface area contributed by atoms with Crippen molar-refractivity contribution in [2.75, 3.05) is 29.5 Å². The standard InChI is InChI=1S/C25H28N2O4S2/c1-17-9-10-23(31-4)24(14-17)33(29,30)27(21-12-18(2)11-19(3)13-21)16-25(28)26-20-7-6-8-22(15-20)32-5/h6-15H,16H2,1-5H3,(H,26,28). The lowest BCUT2D eigenvalue weighted by Gasteiger charge is -2.26. The zero-order chi connectivity index (χ0) is 24.2. The van der Waals surface area contributed by atoms with Crippen LogP contribution in [0.2, 0.25) is 0 Å². The lowest BCUT2D eigenvalue weighted by atomic mass is 10.1. The summed E-state index contributed by atoms with van der Waals surface area (Å²) in [5, 5.41) is 2.82. The molecule has 0 heterocycles. The van der Waals surface area contributed by atoms with E-state index in [0.717, 1.165) is 25.9 Å². The van der Waals surface area contributed by atoms with E-state index in [1.165, 1.54) is 7.11 Å². The molecule has 8 heteroatoms. The summed E-state index contributed by atoms with van der Waals surface area (Å²) in [5.41, 5.74) is 3.60. The topological polar surface area (TPSA) is 75.7 Å². The number of carbonyl (C=O) groups is 1. The van der Waals surface area contributed by atoms with Crippen molar-refractivity contribution in [2.45, 2.75) is 30.6 Å². The second kappa shape index (κ2) is 10.3. The van der Waals surface area contributed by atoms with Gasteiger partial charge in [-0.05, 0) is 86.2 Å². The van der Waals surface area contributed by atoms with Gasteiger partial charge < -0.3 is 10.1 Å². The van der Waals surface area contributed by atoms with Crippen molar-refractivity contribution in [3.8, 4) is 5.75 Å². The third-order valence-electron chi connectivity index (χ3n) is 5.02. The molecule has 3 aromatic rings. The quantitative estimate of drug-likeness (QED) is 0.446. The number of rotatable bonds is 8. The van der Waals surface area contributed by atoms with Crippen LogP contribution in [0, 0.1) is 20.8 Å². The molecule has 0 aliphatic rings. The molecule has 0 fully saturated rings. The molecule has 3 rings (SSSR count). The number of ether oxygens (including phenoxy) is 1. The van der Waals surface area contributed by atoms with Gasteiger partial charge in [-0.2, -0.15) is 0 Å². The lowest BCUT2D eigenvalue weighted by Crippen LogP contribution is -2.38. The second-order valence-corrected chi connectivity index (χ2v) is 10.5. The molecule has 0 aromatic heterocycles. The summed E-state index contributed by atoms with van der Waals surface area (Å²) >= 11 is 1.56. The van der Waals surface area contributed by atoms with Crippen molar-refractivity contribution in [3.05, 3.63) is 77.4 Å². The molecule has 3 aromatic carbocycles. The maximum atomic E-state index is 13.8. The molecule has 1 N–H and O–H groups in total. The third kappa shape index (κ3) is 5.89. The maximum absolute atomic E-state index is 13.8. The molecule has 0 radical (unpaired) electrons. The van der Waals surface area contributed by atoms with Gasteiger partial charge in [0, 0.05) is 10.6 Å². The zero-order valence-corrected chi connectivity index (χ0v) is 21.0. The van der Waals surface area contributed by atoms with E-state index in [1.54, 1.807) is 48.2 Å². The van der Waals surface area contributed by atoms with E-state index in [4.69, 9.17) is 4.74 Å². The molecular weight excluding hydrogens is 456 g/mol. The molecule has 0 bridgehead atoms. The Kier molecular flexibility index (Phi) is 7.71. The first kappa shape index (κ1) is 24.7. The molecule has 0 saturated carbocycles. The summed E-state index contributed by atoms with van der Waals surface area (Å²) in [7, 11) is -2.68. The molecule has 0 unspecified atom stereocenters. The van der Waals surface area contributed by atoms with Crippen LogP contribution in [0.15, 0.2) is 70.5 Å². The smallest absolute Gasteiger partial charge is 0.268 e. The molecule has 1 amide bonds. The molecule has 0 spiro atoms. The van der Waals surface area contributed by atoms with E-state index < -0.39 is 15.9 Å². The van der Waals surface area contributed by atoms with Crippen LogP contribution in [-0.2, 0) is 14.8 Å². The first-order valence-corrected chi connectivity index (χ1v) is 13.0. The first-order valence-electron chi connectivity index (χ1n) is 10.3. The van der Waals surface area contributed by atoms with E-state index in [0.29, 0.717) is 11.4 Å². The highest BCUT2D eigenvalue weighted by atomic mass is 32.2. The van der Waals surface area contributed by atoms with Gasteiger partial charge >= 0.3 is 0 Å². The number of methoxy groups -OCH3 is 1. The van der Waals surface area contributed by atoms with Crippen LogP contribution in [0.5, 0.6) is 5.75 Å². The van der Waals surface area contributed by atoms with Crippen LogP contribution < -0.4 is 14.4 Å². The first-order chi connectivity index (χ1) is 15.6. The predicted octanol–water partition coefficient (Wildman–Crippen LogP) is 5.18. The number of hydrogen-bond acceptors (Lipinski definition) is 5. The number of sulfonamides is 1. The Morgan fingerprint density at radius 1 is 0.970 bits per heavy atom. The van der Waals surface area contributed by atoms with Crippen LogP contribution in [0.1, 0.15) is 16.7 Å². The van der Waals surface area contributed by atoms with Crippen molar-refractivity contribution in [1.29, 1.82) is 0 Å². The normalized spacial score (nSPS) is 11.2. The van der Waals surface area contributed by atoms with Crippen LogP contribution in [0.25, 0.3) is 0 Å². The zero-order valence-electron chi connectivity index (χ0n) is 19.4. The van der Waals surface area contributed by atoms with E-state index in [2.05, 4.69) is 5.32 Å². The van der Waals surface area contributed by atoms with Gasteiger partial charge in [0.1, 0.15) is 17.2 Å². The number of benzene rings is 3. The number of amides is 1. The average molecular weight is 485 g/mol. The fourth-order valence-electron chi connectivity index (χ4n) is 3.55. The summed E-state index contributed by atoms with van der Waals surface area (Å²) < 4.78 is 34.2. The largest absolute Gasteiger partial charge is 0.495 e. The summed E-state index contributed by atoms with van der Waals surface area (Å²) in [5.74, 6) is -0.217. The number of aryl methyl sites for hydroxylation is 3. The highest BCUT2D eigenvalue weighted by Gasteiger charge is 2.30. The number of nitrogens with zero attached hydrogens (tertiary/aromatic N) is 1. The van der Waals surface area contributed by atoms with Gasteiger partial charge in [-0.3, -0.25) is 9.10 Å². The number of nitrogens with one attached hydrogen (secondary N) is 1. The van der Waals surface area contributed by atoms with Crippen LogP contribution in [0.4, 0.5) is 11.4 Å². The number of carbonyl (C=O) groups excluding carboxylic acids is 1. The van der Waals surface area contributed by atoms with Gasteiger partial charge in [0.2, 0.25) is 5.91 Å².